The van der Waals surface area contributed by atoms with E-state index in [1.165, 1.54) is 0 Å². The number of unbranched alkanes of at least 4 members (excludes halogenated alkanes) is 2. The van der Waals surface area contributed by atoms with Crippen molar-refractivity contribution < 1.29 is 24.2 Å². The van der Waals surface area contributed by atoms with Gasteiger partial charge in [0.25, 0.3) is 0 Å². The van der Waals surface area contributed by atoms with Crippen LogP contribution >= 0.6 is 11.8 Å². The summed E-state index contributed by atoms with van der Waals surface area (Å²) in [5, 5.41) is 15.3. The van der Waals surface area contributed by atoms with Crippen LogP contribution < -0.4 is 15.4 Å². The number of methoxy groups -OCH3 is 1. The second-order valence-corrected chi connectivity index (χ2v) is 12.0. The van der Waals surface area contributed by atoms with Gasteiger partial charge in [0.1, 0.15) is 11.8 Å². The van der Waals surface area contributed by atoms with Crippen LogP contribution in [0.1, 0.15) is 32.6 Å². The molecule has 3 heterocycles. The van der Waals surface area contributed by atoms with Crippen molar-refractivity contribution in [3.63, 3.8) is 0 Å². The lowest BCUT2D eigenvalue weighted by Crippen LogP contribution is -2.54. The van der Waals surface area contributed by atoms with Crippen molar-refractivity contribution in [3.8, 4) is 5.75 Å². The van der Waals surface area contributed by atoms with E-state index in [4.69, 9.17) is 4.74 Å². The molecular formula is C29H35N3O5S. The van der Waals surface area contributed by atoms with E-state index >= 15 is 0 Å². The van der Waals surface area contributed by atoms with Crippen molar-refractivity contribution in [2.75, 3.05) is 30.9 Å². The molecule has 5 rings (SSSR count). The molecule has 6 atom stereocenters. The summed E-state index contributed by atoms with van der Waals surface area (Å²) in [5.74, 6) is -0.763. The summed E-state index contributed by atoms with van der Waals surface area (Å²) in [7, 11) is 1.59. The molecule has 2 aromatic rings. The van der Waals surface area contributed by atoms with Crippen LogP contribution in [0.5, 0.6) is 5.75 Å². The number of anilines is 2. The first-order valence-electron chi connectivity index (χ1n) is 13.3. The van der Waals surface area contributed by atoms with Gasteiger partial charge in [0.2, 0.25) is 17.7 Å². The predicted molar refractivity (Wildman–Crippen MR) is 148 cm³/mol. The fourth-order valence-corrected chi connectivity index (χ4v) is 8.99. The van der Waals surface area contributed by atoms with E-state index in [0.29, 0.717) is 36.5 Å². The number of hydrogen-bond acceptors (Lipinski definition) is 6. The van der Waals surface area contributed by atoms with Crippen molar-refractivity contribution in [1.82, 2.24) is 4.90 Å². The summed E-state index contributed by atoms with van der Waals surface area (Å²) in [5.41, 5.74) is 1.33. The van der Waals surface area contributed by atoms with Crippen LogP contribution in [0, 0.1) is 17.8 Å². The smallest absolute Gasteiger partial charge is 0.248 e. The van der Waals surface area contributed by atoms with Gasteiger partial charge in [0.05, 0.1) is 23.7 Å². The zero-order valence-electron chi connectivity index (χ0n) is 21.8. The zero-order valence-corrected chi connectivity index (χ0v) is 22.6. The lowest BCUT2D eigenvalue weighted by Gasteiger charge is -2.38. The number of ether oxygens (including phenoxy) is 1. The Labute approximate surface area is 227 Å². The number of benzene rings is 2. The first kappa shape index (κ1) is 26.6. The van der Waals surface area contributed by atoms with E-state index in [2.05, 4.69) is 17.6 Å². The molecule has 0 radical (unpaired) electrons. The van der Waals surface area contributed by atoms with Gasteiger partial charge in [-0.25, -0.2) is 0 Å². The number of aliphatic hydroxyl groups is 1. The number of nitrogens with one attached hydrogen (secondary N) is 2. The lowest BCUT2D eigenvalue weighted by atomic mass is 9.66. The van der Waals surface area contributed by atoms with E-state index < -0.39 is 22.6 Å². The van der Waals surface area contributed by atoms with Crippen molar-refractivity contribution in [1.29, 1.82) is 0 Å². The molecule has 0 aromatic heterocycles. The Bertz CT molecular complexity index is 1180. The molecular weight excluding hydrogens is 502 g/mol. The Morgan fingerprint density at radius 3 is 2.39 bits per heavy atom. The van der Waals surface area contributed by atoms with Crippen molar-refractivity contribution in [3.05, 3.63) is 54.6 Å². The highest BCUT2D eigenvalue weighted by molar-refractivity contribution is 8.02. The predicted octanol–water partition coefficient (Wildman–Crippen LogP) is 3.77. The Hall–Kier alpha value is -3.04. The molecule has 2 aromatic carbocycles. The molecule has 0 aliphatic carbocycles. The summed E-state index contributed by atoms with van der Waals surface area (Å²) in [6, 6.07) is 15.7. The summed E-state index contributed by atoms with van der Waals surface area (Å²) < 4.78 is 4.56. The van der Waals surface area contributed by atoms with Gasteiger partial charge in [-0.1, -0.05) is 25.1 Å². The van der Waals surface area contributed by atoms with Crippen LogP contribution in [0.25, 0.3) is 0 Å². The maximum atomic E-state index is 14.1. The number of likely N-dealkylation sites (tertiary alicyclic amines) is 1. The first-order chi connectivity index (χ1) is 18.4. The standard InChI is InChI=1S/C29H35N3O5S/c1-18-17-22-23(26(34)30-19-9-5-3-6-10-19)24-28(36)32(15-7-4-8-16-33)25(29(18,24)38-22)27(35)31-20-11-13-21(37-2)14-12-20/h3,5-6,9-14,18,22-25,33H,4,7-8,15-17H2,1-2H3,(H,30,34)(H,31,35)/t18?,22-,23+,24+,25?,29?/m1/s1. The number of aliphatic hydroxyl groups excluding tert-OH is 1. The topological polar surface area (TPSA) is 108 Å². The number of carbonyl (C=O) groups is 3. The molecule has 9 heteroatoms. The Balaban J connectivity index is 1.45. The van der Waals surface area contributed by atoms with Gasteiger partial charge >= 0.3 is 0 Å². The number of hydrogen-bond donors (Lipinski definition) is 3. The Morgan fingerprint density at radius 1 is 1.03 bits per heavy atom. The van der Waals surface area contributed by atoms with Crippen molar-refractivity contribution >= 4 is 40.9 Å². The molecule has 8 nitrogen and oxygen atoms in total. The van der Waals surface area contributed by atoms with E-state index in [1.807, 2.05) is 30.3 Å². The normalized spacial score (nSPS) is 29.3. The number of rotatable bonds is 10. The van der Waals surface area contributed by atoms with E-state index in [-0.39, 0.29) is 35.5 Å². The zero-order chi connectivity index (χ0) is 26.9. The highest BCUT2D eigenvalue weighted by Gasteiger charge is 2.75. The number of para-hydroxylation sites is 1. The number of amides is 3. The third kappa shape index (κ3) is 4.56. The van der Waals surface area contributed by atoms with Crippen LogP contribution in [0.2, 0.25) is 0 Å². The summed E-state index contributed by atoms with van der Waals surface area (Å²) in [6.07, 6.45) is 2.87. The molecule has 3 fully saturated rings. The van der Waals surface area contributed by atoms with Crippen molar-refractivity contribution in [2.24, 2.45) is 17.8 Å². The SMILES string of the molecule is COc1ccc(NC(=O)C2N(CCCCCO)C(=O)[C@@H]3[C@@H](C(=O)Nc4ccccc4)[C@H]4CC(C)C23S4)cc1. The van der Waals surface area contributed by atoms with Gasteiger partial charge in [-0.3, -0.25) is 14.4 Å². The molecule has 3 aliphatic rings. The van der Waals surface area contributed by atoms with Gasteiger partial charge in [0, 0.05) is 29.8 Å². The monoisotopic (exact) mass is 537 g/mol. The third-order valence-corrected chi connectivity index (χ3v) is 10.3. The van der Waals surface area contributed by atoms with Crippen LogP contribution in [0.4, 0.5) is 11.4 Å². The maximum Gasteiger partial charge on any atom is 0.248 e. The van der Waals surface area contributed by atoms with Gasteiger partial charge in [-0.15, -0.1) is 11.8 Å². The van der Waals surface area contributed by atoms with E-state index in [9.17, 15) is 19.5 Å². The third-order valence-electron chi connectivity index (χ3n) is 8.25. The van der Waals surface area contributed by atoms with Gasteiger partial charge in [-0.05, 0) is 68.0 Å². The fourth-order valence-electron chi connectivity index (χ4n) is 6.56. The molecule has 2 bridgehead atoms. The molecule has 3 aliphatic heterocycles. The molecule has 3 amide bonds. The molecule has 38 heavy (non-hydrogen) atoms. The Kier molecular flexibility index (Phi) is 7.68. The maximum absolute atomic E-state index is 14.1. The first-order valence-corrected chi connectivity index (χ1v) is 14.2. The molecule has 3 N–H and O–H groups in total. The highest BCUT2D eigenvalue weighted by Crippen LogP contribution is 2.68. The molecule has 1 spiro atoms. The number of carbonyl (C=O) groups excluding carboxylic acids is 3. The molecule has 0 saturated carbocycles. The summed E-state index contributed by atoms with van der Waals surface area (Å²) in [4.78, 5) is 43.4. The van der Waals surface area contributed by atoms with E-state index in [1.54, 1.807) is 48.0 Å². The average Bonchev–Trinajstić information content (AvgIpc) is 3.51. The molecule has 3 unspecified atom stereocenters. The quantitative estimate of drug-likeness (QED) is 0.398. The van der Waals surface area contributed by atoms with Crippen LogP contribution in [-0.4, -0.2) is 64.0 Å². The van der Waals surface area contributed by atoms with Crippen molar-refractivity contribution in [2.45, 2.75) is 48.6 Å². The second kappa shape index (κ2) is 11.0. The fraction of sp³-hybridized carbons (Fsp3) is 0.483. The largest absolute Gasteiger partial charge is 0.497 e. The second-order valence-electron chi connectivity index (χ2n) is 10.4. The highest BCUT2D eigenvalue weighted by atomic mass is 32.2. The molecule has 202 valence electrons. The minimum absolute atomic E-state index is 0.0181. The molecule has 3 saturated heterocycles. The van der Waals surface area contributed by atoms with E-state index in [0.717, 1.165) is 12.8 Å². The lowest BCUT2D eigenvalue weighted by molar-refractivity contribution is -0.138. The minimum Gasteiger partial charge on any atom is -0.497 e. The van der Waals surface area contributed by atoms with Crippen LogP contribution in [-0.2, 0) is 14.4 Å². The summed E-state index contributed by atoms with van der Waals surface area (Å²) in [6.45, 7) is 2.63. The van der Waals surface area contributed by atoms with Gasteiger partial charge in [-0.2, -0.15) is 0 Å². The van der Waals surface area contributed by atoms with Crippen LogP contribution in [0.15, 0.2) is 54.6 Å². The average molecular weight is 538 g/mol. The summed E-state index contributed by atoms with van der Waals surface area (Å²) >= 11 is 1.66. The van der Waals surface area contributed by atoms with Gasteiger partial charge < -0.3 is 25.4 Å². The number of thioether (sulfide) groups is 1. The Morgan fingerprint density at radius 2 is 1.71 bits per heavy atom. The number of nitrogens with zero attached hydrogens (tertiary/aromatic N) is 1. The van der Waals surface area contributed by atoms with Gasteiger partial charge in [0.15, 0.2) is 0 Å². The van der Waals surface area contributed by atoms with Crippen LogP contribution in [0.3, 0.4) is 0 Å². The number of fused-ring (bicyclic) bond motifs is 1. The minimum atomic E-state index is -0.684.